The molecule has 2 aromatic rings. The van der Waals surface area contributed by atoms with Gasteiger partial charge in [-0.2, -0.15) is 0 Å². The zero-order valence-electron chi connectivity index (χ0n) is 13.5. The van der Waals surface area contributed by atoms with E-state index in [0.29, 0.717) is 16.8 Å². The van der Waals surface area contributed by atoms with Crippen molar-refractivity contribution < 1.29 is 18.2 Å². The van der Waals surface area contributed by atoms with Crippen molar-refractivity contribution in [3.8, 4) is 0 Å². The Morgan fingerprint density at radius 3 is 2.38 bits per heavy atom. The van der Waals surface area contributed by atoms with Gasteiger partial charge in [-0.3, -0.25) is 18.7 Å². The number of imide groups is 1. The minimum absolute atomic E-state index is 0.133. The minimum atomic E-state index is -1.24. The van der Waals surface area contributed by atoms with Crippen molar-refractivity contribution in [1.29, 1.82) is 0 Å². The van der Waals surface area contributed by atoms with Gasteiger partial charge < -0.3 is 4.42 Å². The molecule has 0 fully saturated rings. The first kappa shape index (κ1) is 16.6. The molecule has 6 nitrogen and oxygen atoms in total. The number of carbonyl (C=O) groups is 2. The number of aromatic nitrogens is 1. The van der Waals surface area contributed by atoms with Crippen molar-refractivity contribution in [2.24, 2.45) is 0 Å². The molecule has 3 rings (SSSR count). The maximum atomic E-state index is 12.3. The summed E-state index contributed by atoms with van der Waals surface area (Å²) >= 11 is 0. The first-order valence-corrected chi connectivity index (χ1v) is 9.20. The highest BCUT2D eigenvalue weighted by Crippen LogP contribution is 2.23. The minimum Gasteiger partial charge on any atom is -0.448 e. The van der Waals surface area contributed by atoms with Crippen LogP contribution in [0.2, 0.25) is 0 Å². The maximum Gasteiger partial charge on any atom is 0.261 e. The van der Waals surface area contributed by atoms with E-state index in [9.17, 15) is 13.8 Å². The smallest absolute Gasteiger partial charge is 0.261 e. The number of benzene rings is 1. The second-order valence-electron chi connectivity index (χ2n) is 5.91. The third-order valence-corrected chi connectivity index (χ3v) is 5.15. The highest BCUT2D eigenvalue weighted by atomic mass is 32.2. The molecule has 0 saturated carbocycles. The molecule has 7 heteroatoms. The second-order valence-corrected chi connectivity index (χ2v) is 7.49. The quantitative estimate of drug-likeness (QED) is 0.750. The van der Waals surface area contributed by atoms with Crippen LogP contribution in [0.15, 0.2) is 35.1 Å². The van der Waals surface area contributed by atoms with Gasteiger partial charge in [0, 0.05) is 29.0 Å². The number of amides is 2. The Bertz CT molecular complexity index is 777. The molecular weight excluding hydrogens is 328 g/mol. The van der Waals surface area contributed by atoms with Gasteiger partial charge >= 0.3 is 0 Å². The van der Waals surface area contributed by atoms with Gasteiger partial charge in [-0.1, -0.05) is 26.0 Å². The lowest BCUT2D eigenvalue weighted by atomic mass is 10.1. The summed E-state index contributed by atoms with van der Waals surface area (Å²) in [5, 5.41) is 0. The van der Waals surface area contributed by atoms with Crippen molar-refractivity contribution in [2.45, 2.75) is 25.5 Å². The van der Waals surface area contributed by atoms with E-state index in [1.165, 1.54) is 6.39 Å². The average molecular weight is 346 g/mol. The third kappa shape index (κ3) is 3.03. The first-order valence-electron chi connectivity index (χ1n) is 7.71. The van der Waals surface area contributed by atoms with E-state index >= 15 is 0 Å². The fraction of sp³-hybridized carbons (Fsp3) is 0.353. The van der Waals surface area contributed by atoms with E-state index in [0.717, 1.165) is 10.7 Å². The van der Waals surface area contributed by atoms with Gasteiger partial charge in [-0.15, -0.1) is 0 Å². The summed E-state index contributed by atoms with van der Waals surface area (Å²) in [7, 11) is -1.24. The Kier molecular flexibility index (Phi) is 4.62. The number of hydrogen-bond donors (Lipinski definition) is 0. The number of hydrogen-bond acceptors (Lipinski definition) is 5. The Labute approximate surface area is 142 Å². The SMILES string of the molecule is CC(C)c1ocnc1C[S@@](=O)CCN1C(=O)c2ccccc2C1=O. The summed E-state index contributed by atoms with van der Waals surface area (Å²) < 4.78 is 17.6. The standard InChI is InChI=1S/C17H18N2O4S/c1-11(2)15-14(18-10-23-15)9-24(22)8-7-19-16(20)12-5-3-4-6-13(12)17(19)21/h3-6,10-11H,7-9H2,1-2H3/t24-/m0/s1. The largest absolute Gasteiger partial charge is 0.448 e. The summed E-state index contributed by atoms with van der Waals surface area (Å²) in [4.78, 5) is 29.8. The van der Waals surface area contributed by atoms with Gasteiger partial charge in [0.1, 0.15) is 5.76 Å². The molecule has 0 aliphatic carbocycles. The van der Waals surface area contributed by atoms with Gasteiger partial charge in [0.05, 0.1) is 22.6 Å². The number of carbonyl (C=O) groups excluding carboxylic acids is 2. The normalized spacial score (nSPS) is 15.2. The molecule has 0 saturated heterocycles. The van der Waals surface area contributed by atoms with Crippen LogP contribution < -0.4 is 0 Å². The fourth-order valence-electron chi connectivity index (χ4n) is 2.72. The molecule has 0 unspecified atom stereocenters. The van der Waals surface area contributed by atoms with Gasteiger partial charge in [0.2, 0.25) is 0 Å². The molecule has 1 aliphatic heterocycles. The Morgan fingerprint density at radius 2 is 1.79 bits per heavy atom. The van der Waals surface area contributed by atoms with E-state index in [-0.39, 0.29) is 35.8 Å². The topological polar surface area (TPSA) is 80.5 Å². The number of rotatable bonds is 6. The zero-order chi connectivity index (χ0) is 17.3. The van der Waals surface area contributed by atoms with Crippen molar-refractivity contribution in [3.05, 3.63) is 53.2 Å². The van der Waals surface area contributed by atoms with Gasteiger partial charge in [-0.05, 0) is 12.1 Å². The lowest BCUT2D eigenvalue weighted by molar-refractivity contribution is 0.0664. The molecule has 1 atom stereocenters. The Hall–Kier alpha value is -2.28. The molecule has 0 radical (unpaired) electrons. The number of nitrogens with zero attached hydrogens (tertiary/aromatic N) is 2. The van der Waals surface area contributed by atoms with Crippen molar-refractivity contribution in [2.75, 3.05) is 12.3 Å². The lowest BCUT2D eigenvalue weighted by Gasteiger charge is -2.13. The first-order chi connectivity index (χ1) is 11.5. The van der Waals surface area contributed by atoms with Crippen LogP contribution in [0.4, 0.5) is 0 Å². The molecule has 1 aliphatic rings. The molecule has 1 aromatic heterocycles. The summed E-state index contributed by atoms with van der Waals surface area (Å²) in [6, 6.07) is 6.72. The van der Waals surface area contributed by atoms with Gasteiger partial charge in [-0.25, -0.2) is 4.98 Å². The van der Waals surface area contributed by atoms with Crippen molar-refractivity contribution in [1.82, 2.24) is 9.88 Å². The van der Waals surface area contributed by atoms with E-state index in [2.05, 4.69) is 4.98 Å². The highest BCUT2D eigenvalue weighted by Gasteiger charge is 2.34. The fourth-order valence-corrected chi connectivity index (χ4v) is 3.77. The zero-order valence-corrected chi connectivity index (χ0v) is 14.3. The van der Waals surface area contributed by atoms with Crippen molar-refractivity contribution >= 4 is 22.6 Å². The molecular formula is C17H18N2O4S. The maximum absolute atomic E-state index is 12.3. The molecule has 2 heterocycles. The molecule has 2 amide bonds. The van der Waals surface area contributed by atoms with Crippen LogP contribution in [-0.2, 0) is 16.6 Å². The van der Waals surface area contributed by atoms with E-state index in [4.69, 9.17) is 4.42 Å². The molecule has 0 bridgehead atoms. The number of fused-ring (bicyclic) bond motifs is 1. The predicted molar refractivity (Wildman–Crippen MR) is 89.1 cm³/mol. The third-order valence-electron chi connectivity index (χ3n) is 3.92. The van der Waals surface area contributed by atoms with Crippen LogP contribution >= 0.6 is 0 Å². The highest BCUT2D eigenvalue weighted by molar-refractivity contribution is 7.84. The summed E-state index contributed by atoms with van der Waals surface area (Å²) in [5.41, 5.74) is 1.49. The van der Waals surface area contributed by atoms with Crippen LogP contribution in [0.25, 0.3) is 0 Å². The summed E-state index contributed by atoms with van der Waals surface area (Å²) in [6.07, 6.45) is 1.35. The average Bonchev–Trinajstić information content (AvgIpc) is 3.11. The molecule has 1 aromatic carbocycles. The summed E-state index contributed by atoms with van der Waals surface area (Å²) in [6.45, 7) is 4.09. The monoisotopic (exact) mass is 346 g/mol. The van der Waals surface area contributed by atoms with Gasteiger partial charge in [0.25, 0.3) is 11.8 Å². The molecule has 0 N–H and O–H groups in total. The van der Waals surface area contributed by atoms with Crippen LogP contribution in [0, 0.1) is 0 Å². The van der Waals surface area contributed by atoms with Crippen LogP contribution in [0.3, 0.4) is 0 Å². The molecule has 126 valence electrons. The van der Waals surface area contributed by atoms with E-state index in [1.54, 1.807) is 24.3 Å². The lowest BCUT2D eigenvalue weighted by Crippen LogP contribution is -2.33. The summed E-state index contributed by atoms with van der Waals surface area (Å²) in [5.74, 6) is 0.719. The molecule has 0 spiro atoms. The van der Waals surface area contributed by atoms with Crippen molar-refractivity contribution in [3.63, 3.8) is 0 Å². The van der Waals surface area contributed by atoms with Crippen LogP contribution in [0.1, 0.15) is 51.9 Å². The predicted octanol–water partition coefficient (Wildman–Crippen LogP) is 2.34. The van der Waals surface area contributed by atoms with Crippen LogP contribution in [0.5, 0.6) is 0 Å². The van der Waals surface area contributed by atoms with Gasteiger partial charge in [0.15, 0.2) is 6.39 Å². The van der Waals surface area contributed by atoms with Crippen LogP contribution in [-0.4, -0.2) is 38.2 Å². The number of oxazole rings is 1. The van der Waals surface area contributed by atoms with E-state index < -0.39 is 10.8 Å². The Balaban J connectivity index is 1.62. The second kappa shape index (κ2) is 6.68. The van der Waals surface area contributed by atoms with E-state index in [1.807, 2.05) is 13.8 Å². The molecule has 24 heavy (non-hydrogen) atoms. The Morgan fingerprint density at radius 1 is 1.17 bits per heavy atom.